The van der Waals surface area contributed by atoms with Gasteiger partial charge in [-0.3, -0.25) is 0 Å². The van der Waals surface area contributed by atoms with E-state index in [9.17, 15) is 5.11 Å². The van der Waals surface area contributed by atoms with Gasteiger partial charge in [0, 0.05) is 0 Å². The Hall–Kier alpha value is -0.300. The molecule has 0 spiro atoms. The quantitative estimate of drug-likeness (QED) is 0.403. The highest BCUT2D eigenvalue weighted by atomic mass is 16.3. The largest absolute Gasteiger partial charge is 0.393 e. The lowest BCUT2D eigenvalue weighted by Gasteiger charge is -2.57. The second kappa shape index (κ2) is 9.15. The SMILES string of the molecule is CCCC1C(O)CC[C@]2(C)C3=C(CCC12)[C@@H]1CC[C@H]([C@H](C)CCCC(C)C)[C@@]1(C)CC3. The van der Waals surface area contributed by atoms with Crippen LogP contribution in [0.3, 0.4) is 0 Å². The van der Waals surface area contributed by atoms with E-state index < -0.39 is 0 Å². The predicted molar refractivity (Wildman–Crippen MR) is 133 cm³/mol. The summed E-state index contributed by atoms with van der Waals surface area (Å²) in [4.78, 5) is 0. The minimum Gasteiger partial charge on any atom is -0.393 e. The Balaban J connectivity index is 1.55. The summed E-state index contributed by atoms with van der Waals surface area (Å²) in [7, 11) is 0. The molecule has 3 unspecified atom stereocenters. The molecule has 0 radical (unpaired) electrons. The van der Waals surface area contributed by atoms with Crippen LogP contribution in [0.2, 0.25) is 0 Å². The van der Waals surface area contributed by atoms with E-state index in [0.29, 0.717) is 16.7 Å². The normalized spacial score (nSPS) is 43.5. The molecule has 0 heterocycles. The highest BCUT2D eigenvalue weighted by Crippen LogP contribution is 2.66. The average Bonchev–Trinajstić information content (AvgIpc) is 3.07. The molecule has 4 rings (SSSR count). The maximum Gasteiger partial charge on any atom is 0.0571 e. The predicted octanol–water partition coefficient (Wildman–Crippen LogP) is 8.56. The van der Waals surface area contributed by atoms with E-state index in [4.69, 9.17) is 0 Å². The molecule has 0 amide bonds. The summed E-state index contributed by atoms with van der Waals surface area (Å²) in [5.41, 5.74) is 4.76. The van der Waals surface area contributed by atoms with Gasteiger partial charge in [0.2, 0.25) is 0 Å². The van der Waals surface area contributed by atoms with Crippen LogP contribution in [0, 0.1) is 46.3 Å². The summed E-state index contributed by atoms with van der Waals surface area (Å²) in [6.07, 6.45) is 17.3. The molecule has 4 aliphatic carbocycles. The number of aliphatic hydroxyl groups excluding tert-OH is 1. The van der Waals surface area contributed by atoms with Crippen molar-refractivity contribution in [1.29, 1.82) is 0 Å². The maximum atomic E-state index is 10.8. The summed E-state index contributed by atoms with van der Waals surface area (Å²) in [5, 5.41) is 10.8. The fourth-order valence-electron chi connectivity index (χ4n) is 9.46. The monoisotopic (exact) mass is 428 g/mol. The standard InChI is InChI=1S/C30H52O/c1-7-9-23-26-13-12-22-25-15-14-24(21(4)11-8-10-20(2)3)29(25,5)18-16-27(22)30(26,6)19-17-28(23)31/h20-21,23-26,28,31H,7-19H2,1-6H3/t21-,23?,24-,25+,26?,28?,29-,30+/m1/s1. The van der Waals surface area contributed by atoms with E-state index in [-0.39, 0.29) is 6.10 Å². The van der Waals surface area contributed by atoms with Crippen molar-refractivity contribution in [2.24, 2.45) is 46.3 Å². The second-order valence-electron chi connectivity index (χ2n) is 13.2. The lowest BCUT2D eigenvalue weighted by Crippen LogP contribution is -2.49. The zero-order valence-corrected chi connectivity index (χ0v) is 21.7. The molecular weight excluding hydrogens is 376 g/mol. The number of hydrogen-bond donors (Lipinski definition) is 1. The van der Waals surface area contributed by atoms with Crippen molar-refractivity contribution in [3.8, 4) is 0 Å². The Morgan fingerprint density at radius 3 is 2.45 bits per heavy atom. The Morgan fingerprint density at radius 2 is 1.74 bits per heavy atom. The van der Waals surface area contributed by atoms with Crippen molar-refractivity contribution >= 4 is 0 Å². The van der Waals surface area contributed by atoms with Crippen molar-refractivity contribution in [2.45, 2.75) is 131 Å². The third kappa shape index (κ3) is 4.08. The van der Waals surface area contributed by atoms with Crippen LogP contribution in [-0.4, -0.2) is 11.2 Å². The summed E-state index contributed by atoms with van der Waals surface area (Å²) in [5.74, 6) is 4.81. The van der Waals surface area contributed by atoms with Crippen LogP contribution in [0.15, 0.2) is 11.1 Å². The Labute approximate surface area is 193 Å². The molecule has 1 N–H and O–H groups in total. The number of aliphatic hydroxyl groups is 1. The minimum absolute atomic E-state index is 0.0448. The van der Waals surface area contributed by atoms with Crippen LogP contribution in [0.1, 0.15) is 125 Å². The smallest absolute Gasteiger partial charge is 0.0571 e. The molecule has 8 atom stereocenters. The molecule has 0 bridgehead atoms. The van der Waals surface area contributed by atoms with E-state index in [1.54, 1.807) is 0 Å². The zero-order valence-electron chi connectivity index (χ0n) is 21.7. The fraction of sp³-hybridized carbons (Fsp3) is 0.933. The first-order valence-electron chi connectivity index (χ1n) is 14.1. The van der Waals surface area contributed by atoms with Crippen molar-refractivity contribution in [1.82, 2.24) is 0 Å². The molecular formula is C30H52O. The molecule has 2 fully saturated rings. The number of allylic oxidation sites excluding steroid dienone is 2. The van der Waals surface area contributed by atoms with E-state index >= 15 is 0 Å². The van der Waals surface area contributed by atoms with Gasteiger partial charge in [-0.15, -0.1) is 0 Å². The van der Waals surface area contributed by atoms with E-state index in [1.165, 1.54) is 77.0 Å². The molecule has 0 aromatic rings. The molecule has 1 nitrogen and oxygen atoms in total. The second-order valence-corrected chi connectivity index (χ2v) is 13.2. The first kappa shape index (κ1) is 23.8. The highest BCUT2D eigenvalue weighted by Gasteiger charge is 2.57. The van der Waals surface area contributed by atoms with Crippen LogP contribution < -0.4 is 0 Å². The molecule has 2 saturated carbocycles. The third-order valence-electron chi connectivity index (χ3n) is 11.1. The van der Waals surface area contributed by atoms with E-state index in [0.717, 1.165) is 36.0 Å². The summed E-state index contributed by atoms with van der Waals surface area (Å²) >= 11 is 0. The van der Waals surface area contributed by atoms with Gasteiger partial charge in [0.25, 0.3) is 0 Å². The Morgan fingerprint density at radius 1 is 0.968 bits per heavy atom. The van der Waals surface area contributed by atoms with Crippen molar-refractivity contribution in [2.75, 3.05) is 0 Å². The van der Waals surface area contributed by atoms with Gasteiger partial charge in [0.15, 0.2) is 0 Å². The molecule has 0 aromatic heterocycles. The fourth-order valence-corrected chi connectivity index (χ4v) is 9.46. The molecule has 178 valence electrons. The van der Waals surface area contributed by atoms with Crippen molar-refractivity contribution < 1.29 is 5.11 Å². The molecule has 0 aliphatic heterocycles. The van der Waals surface area contributed by atoms with Gasteiger partial charge >= 0.3 is 0 Å². The zero-order chi connectivity index (χ0) is 22.4. The first-order valence-corrected chi connectivity index (χ1v) is 14.1. The number of fused-ring (bicyclic) bond motifs is 4. The molecule has 31 heavy (non-hydrogen) atoms. The Kier molecular flexibility index (Phi) is 7.04. The average molecular weight is 429 g/mol. The van der Waals surface area contributed by atoms with Crippen LogP contribution in [0.25, 0.3) is 0 Å². The van der Waals surface area contributed by atoms with Gasteiger partial charge in [-0.05, 0) is 104 Å². The summed E-state index contributed by atoms with van der Waals surface area (Å²) < 4.78 is 0. The molecule has 0 aromatic carbocycles. The van der Waals surface area contributed by atoms with Crippen LogP contribution >= 0.6 is 0 Å². The van der Waals surface area contributed by atoms with Gasteiger partial charge in [0.1, 0.15) is 0 Å². The molecule has 0 saturated heterocycles. The molecule has 4 aliphatic rings. The summed E-state index contributed by atoms with van der Waals surface area (Å²) in [6, 6.07) is 0. The van der Waals surface area contributed by atoms with Gasteiger partial charge in [-0.1, -0.05) is 78.4 Å². The van der Waals surface area contributed by atoms with Gasteiger partial charge < -0.3 is 5.11 Å². The van der Waals surface area contributed by atoms with Gasteiger partial charge in [-0.2, -0.15) is 0 Å². The van der Waals surface area contributed by atoms with E-state index in [2.05, 4.69) is 41.5 Å². The Bertz CT molecular complexity index is 661. The lowest BCUT2D eigenvalue weighted by molar-refractivity contribution is -0.0451. The van der Waals surface area contributed by atoms with Crippen LogP contribution in [-0.2, 0) is 0 Å². The van der Waals surface area contributed by atoms with Gasteiger partial charge in [0.05, 0.1) is 6.10 Å². The number of hydrogen-bond acceptors (Lipinski definition) is 1. The van der Waals surface area contributed by atoms with Crippen LogP contribution in [0.5, 0.6) is 0 Å². The third-order valence-corrected chi connectivity index (χ3v) is 11.1. The number of rotatable bonds is 7. The maximum absolute atomic E-state index is 10.8. The van der Waals surface area contributed by atoms with Crippen molar-refractivity contribution in [3.05, 3.63) is 11.1 Å². The lowest BCUT2D eigenvalue weighted by atomic mass is 9.48. The summed E-state index contributed by atoms with van der Waals surface area (Å²) in [6.45, 7) is 14.9. The molecule has 1 heteroatoms. The topological polar surface area (TPSA) is 20.2 Å². The van der Waals surface area contributed by atoms with E-state index in [1.807, 2.05) is 11.1 Å². The van der Waals surface area contributed by atoms with Gasteiger partial charge in [-0.25, -0.2) is 0 Å². The minimum atomic E-state index is -0.0448. The first-order chi connectivity index (χ1) is 14.7. The van der Waals surface area contributed by atoms with Crippen LogP contribution in [0.4, 0.5) is 0 Å². The highest BCUT2D eigenvalue weighted by molar-refractivity contribution is 5.34. The van der Waals surface area contributed by atoms with Crippen molar-refractivity contribution in [3.63, 3.8) is 0 Å².